The van der Waals surface area contributed by atoms with Gasteiger partial charge >= 0.3 is 5.97 Å². The molecule has 2 fully saturated rings. The van der Waals surface area contributed by atoms with E-state index in [9.17, 15) is 19.5 Å². The van der Waals surface area contributed by atoms with E-state index in [1.165, 1.54) is 39.0 Å². The van der Waals surface area contributed by atoms with E-state index in [1.54, 1.807) is 7.05 Å². The summed E-state index contributed by atoms with van der Waals surface area (Å²) >= 11 is 0. The third-order valence-electron chi connectivity index (χ3n) is 5.81. The molecule has 0 aliphatic heterocycles. The lowest BCUT2D eigenvalue weighted by Gasteiger charge is -2.31. The molecule has 2 aliphatic carbocycles. The van der Waals surface area contributed by atoms with Crippen LogP contribution in [0.3, 0.4) is 0 Å². The van der Waals surface area contributed by atoms with Crippen molar-refractivity contribution in [1.82, 2.24) is 10.6 Å². The second-order valence-electron chi connectivity index (χ2n) is 7.69. The van der Waals surface area contributed by atoms with Crippen molar-refractivity contribution in [2.24, 2.45) is 23.7 Å². The molecule has 6 nitrogen and oxygen atoms in total. The highest BCUT2D eigenvalue weighted by Gasteiger charge is 2.35. The van der Waals surface area contributed by atoms with E-state index >= 15 is 0 Å². The van der Waals surface area contributed by atoms with Gasteiger partial charge in [0.25, 0.3) is 0 Å². The Kier molecular flexibility index (Phi) is 10.3. The van der Waals surface area contributed by atoms with Crippen molar-refractivity contribution in [2.75, 3.05) is 13.6 Å². The van der Waals surface area contributed by atoms with Crippen LogP contribution in [-0.4, -0.2) is 36.5 Å². The van der Waals surface area contributed by atoms with Gasteiger partial charge in [-0.1, -0.05) is 39.0 Å². The maximum Gasteiger partial charge on any atom is 0.307 e. The maximum absolute atomic E-state index is 12.3. The number of hydrogen-bond donors (Lipinski definition) is 3. The molecule has 0 heterocycles. The molecule has 26 heavy (non-hydrogen) atoms. The second-order valence-corrected chi connectivity index (χ2v) is 7.69. The molecule has 0 aromatic rings. The highest BCUT2D eigenvalue weighted by Crippen LogP contribution is 2.32. The normalized spacial score (nSPS) is 28.3. The molecule has 2 aliphatic rings. The molecule has 150 valence electrons. The molecule has 2 saturated carbocycles. The number of rotatable bonds is 5. The smallest absolute Gasteiger partial charge is 0.307 e. The Morgan fingerprint density at radius 1 is 0.962 bits per heavy atom. The summed E-state index contributed by atoms with van der Waals surface area (Å²) < 4.78 is 0. The van der Waals surface area contributed by atoms with E-state index in [2.05, 4.69) is 17.6 Å². The molecular weight excluding hydrogens is 332 g/mol. The number of carbonyl (C=O) groups excluding carboxylic acids is 2. The lowest BCUT2D eigenvalue weighted by atomic mass is 9.78. The topological polar surface area (TPSA) is 95.5 Å². The maximum atomic E-state index is 12.3. The summed E-state index contributed by atoms with van der Waals surface area (Å²) in [5.74, 6) is -0.235. The van der Waals surface area contributed by atoms with Gasteiger partial charge in [0.05, 0.1) is 11.8 Å². The minimum Gasteiger partial charge on any atom is -0.481 e. The van der Waals surface area contributed by atoms with E-state index in [-0.39, 0.29) is 17.7 Å². The van der Waals surface area contributed by atoms with Crippen molar-refractivity contribution in [2.45, 2.75) is 71.6 Å². The van der Waals surface area contributed by atoms with Crippen LogP contribution in [0.4, 0.5) is 0 Å². The van der Waals surface area contributed by atoms with Gasteiger partial charge in [0.15, 0.2) is 0 Å². The van der Waals surface area contributed by atoms with Crippen LogP contribution in [-0.2, 0) is 14.4 Å². The predicted octanol–water partition coefficient (Wildman–Crippen LogP) is 2.96. The SMILES string of the molecule is CCC1CCCC(CNC(=O)C2CCCCC2C(=O)O)C1.CNC(C)=O. The number of aliphatic carboxylic acids is 1. The average molecular weight is 369 g/mol. The fourth-order valence-electron chi connectivity index (χ4n) is 4.07. The standard InChI is InChI=1S/C17H29NO3.C3H7NO/c1-2-12-6-5-7-13(10-12)11-18-16(19)14-8-3-4-9-15(14)17(20)21;1-3(5)4-2/h12-15H,2-11H2,1H3,(H,18,19)(H,20,21);1-2H3,(H,4,5). The van der Waals surface area contributed by atoms with Gasteiger partial charge in [0, 0.05) is 20.5 Å². The first-order chi connectivity index (χ1) is 12.4. The zero-order chi connectivity index (χ0) is 19.5. The van der Waals surface area contributed by atoms with Crippen molar-refractivity contribution < 1.29 is 19.5 Å². The molecule has 0 spiro atoms. The van der Waals surface area contributed by atoms with Gasteiger partial charge in [0.2, 0.25) is 11.8 Å². The average Bonchev–Trinajstić information content (AvgIpc) is 2.66. The fraction of sp³-hybridized carbons (Fsp3) is 0.850. The number of hydrogen-bond acceptors (Lipinski definition) is 3. The van der Waals surface area contributed by atoms with Gasteiger partial charge in [-0.25, -0.2) is 0 Å². The summed E-state index contributed by atoms with van der Waals surface area (Å²) in [6.45, 7) is 4.45. The second kappa shape index (κ2) is 11.9. The molecule has 4 unspecified atom stereocenters. The molecule has 6 heteroatoms. The Morgan fingerprint density at radius 2 is 1.54 bits per heavy atom. The van der Waals surface area contributed by atoms with Gasteiger partial charge < -0.3 is 15.7 Å². The molecule has 0 aromatic heterocycles. The molecule has 2 amide bonds. The van der Waals surface area contributed by atoms with Crippen molar-refractivity contribution in [1.29, 1.82) is 0 Å². The van der Waals surface area contributed by atoms with Crippen molar-refractivity contribution in [3.63, 3.8) is 0 Å². The molecule has 0 radical (unpaired) electrons. The van der Waals surface area contributed by atoms with E-state index in [0.717, 1.165) is 31.7 Å². The lowest BCUT2D eigenvalue weighted by Crippen LogP contribution is -2.41. The summed E-state index contributed by atoms with van der Waals surface area (Å²) in [7, 11) is 1.60. The zero-order valence-electron chi connectivity index (χ0n) is 16.6. The van der Waals surface area contributed by atoms with Crippen LogP contribution in [0.5, 0.6) is 0 Å². The van der Waals surface area contributed by atoms with Gasteiger partial charge in [0.1, 0.15) is 0 Å². The fourth-order valence-corrected chi connectivity index (χ4v) is 4.07. The van der Waals surface area contributed by atoms with E-state index in [1.807, 2.05) is 0 Å². The highest BCUT2D eigenvalue weighted by atomic mass is 16.4. The lowest BCUT2D eigenvalue weighted by molar-refractivity contribution is -0.149. The van der Waals surface area contributed by atoms with Crippen LogP contribution in [0.1, 0.15) is 71.6 Å². The summed E-state index contributed by atoms with van der Waals surface area (Å²) in [5.41, 5.74) is 0. The van der Waals surface area contributed by atoms with Crippen LogP contribution in [0.15, 0.2) is 0 Å². The van der Waals surface area contributed by atoms with Crippen LogP contribution in [0, 0.1) is 23.7 Å². The molecular formula is C20H36N2O4. The van der Waals surface area contributed by atoms with Crippen LogP contribution in [0.25, 0.3) is 0 Å². The van der Waals surface area contributed by atoms with E-state index < -0.39 is 11.9 Å². The summed E-state index contributed by atoms with van der Waals surface area (Å²) in [6, 6.07) is 0. The molecule has 4 atom stereocenters. The summed E-state index contributed by atoms with van der Waals surface area (Å²) in [4.78, 5) is 33.3. The number of amides is 2. The number of carboxylic acids is 1. The largest absolute Gasteiger partial charge is 0.481 e. The molecule has 2 rings (SSSR count). The van der Waals surface area contributed by atoms with Crippen LogP contribution < -0.4 is 10.6 Å². The Bertz CT molecular complexity index is 467. The Morgan fingerprint density at radius 3 is 2.08 bits per heavy atom. The Balaban J connectivity index is 0.000000597. The van der Waals surface area contributed by atoms with Gasteiger partial charge in [-0.3, -0.25) is 14.4 Å². The minimum atomic E-state index is -0.807. The van der Waals surface area contributed by atoms with Gasteiger partial charge in [-0.15, -0.1) is 0 Å². The Labute approximate surface area is 157 Å². The van der Waals surface area contributed by atoms with Crippen LogP contribution >= 0.6 is 0 Å². The van der Waals surface area contributed by atoms with Crippen molar-refractivity contribution >= 4 is 17.8 Å². The van der Waals surface area contributed by atoms with E-state index in [0.29, 0.717) is 12.3 Å². The minimum absolute atomic E-state index is 0.00463. The zero-order valence-corrected chi connectivity index (χ0v) is 16.6. The summed E-state index contributed by atoms with van der Waals surface area (Å²) in [5, 5.41) is 14.7. The molecule has 0 bridgehead atoms. The number of carboxylic acid groups (broad SMARTS) is 1. The van der Waals surface area contributed by atoms with Gasteiger partial charge in [-0.2, -0.15) is 0 Å². The van der Waals surface area contributed by atoms with Crippen molar-refractivity contribution in [3.05, 3.63) is 0 Å². The first-order valence-corrected chi connectivity index (χ1v) is 10.1. The molecule has 3 N–H and O–H groups in total. The van der Waals surface area contributed by atoms with E-state index in [4.69, 9.17) is 0 Å². The Hall–Kier alpha value is -1.59. The highest BCUT2D eigenvalue weighted by molar-refractivity contribution is 5.84. The third-order valence-corrected chi connectivity index (χ3v) is 5.81. The molecule has 0 aromatic carbocycles. The quantitative estimate of drug-likeness (QED) is 0.695. The number of carbonyl (C=O) groups is 3. The van der Waals surface area contributed by atoms with Crippen molar-refractivity contribution in [3.8, 4) is 0 Å². The summed E-state index contributed by atoms with van der Waals surface area (Å²) in [6.07, 6.45) is 9.51. The first kappa shape index (κ1) is 22.5. The van der Waals surface area contributed by atoms with Crippen LogP contribution in [0.2, 0.25) is 0 Å². The predicted molar refractivity (Wildman–Crippen MR) is 102 cm³/mol. The first-order valence-electron chi connectivity index (χ1n) is 10.1. The third kappa shape index (κ3) is 7.75. The van der Waals surface area contributed by atoms with Gasteiger partial charge in [-0.05, 0) is 37.5 Å². The molecule has 0 saturated heterocycles. The monoisotopic (exact) mass is 368 g/mol. The number of nitrogens with one attached hydrogen (secondary N) is 2.